The van der Waals surface area contributed by atoms with Gasteiger partial charge in [-0.1, -0.05) is 25.1 Å². The van der Waals surface area contributed by atoms with Crippen LogP contribution in [0.4, 0.5) is 5.69 Å². The highest BCUT2D eigenvalue weighted by atomic mass is 16.4. The minimum atomic E-state index is -0.845. The maximum absolute atomic E-state index is 11.9. The van der Waals surface area contributed by atoms with E-state index in [1.807, 2.05) is 25.1 Å². The zero-order chi connectivity index (χ0) is 15.0. The number of para-hydroxylation sites is 1. The number of carbonyl (C=O) groups excluding carboxylic acids is 1. The van der Waals surface area contributed by atoms with Crippen LogP contribution in [0.25, 0.3) is 0 Å². The molecular formula is C15H22N2O3. The Morgan fingerprint density at radius 1 is 1.30 bits per heavy atom. The van der Waals surface area contributed by atoms with Gasteiger partial charge in [0.1, 0.15) is 0 Å². The number of carboxylic acid groups (broad SMARTS) is 1. The number of hydrogen-bond acceptors (Lipinski definition) is 3. The van der Waals surface area contributed by atoms with Crippen LogP contribution in [0.3, 0.4) is 0 Å². The highest BCUT2D eigenvalue weighted by Crippen LogP contribution is 2.17. The molecule has 0 fully saturated rings. The summed E-state index contributed by atoms with van der Waals surface area (Å²) >= 11 is 0. The molecule has 0 aliphatic heterocycles. The third-order valence-electron chi connectivity index (χ3n) is 3.17. The molecular weight excluding hydrogens is 256 g/mol. The standard InChI is InChI=1S/C15H22N2O3/c1-11(10-16)6-8-14(18)17-13-5-3-2-4-12(13)7-9-15(19)20/h2-5,11H,6-10,16H2,1H3,(H,17,18)(H,19,20). The molecule has 1 amide bonds. The van der Waals surface area contributed by atoms with Crippen LogP contribution in [-0.2, 0) is 16.0 Å². The van der Waals surface area contributed by atoms with Crippen LogP contribution in [-0.4, -0.2) is 23.5 Å². The number of carbonyl (C=O) groups is 2. The van der Waals surface area contributed by atoms with Crippen molar-refractivity contribution in [1.29, 1.82) is 0 Å². The molecule has 5 heteroatoms. The van der Waals surface area contributed by atoms with Gasteiger partial charge in [-0.25, -0.2) is 0 Å². The van der Waals surface area contributed by atoms with E-state index in [9.17, 15) is 9.59 Å². The lowest BCUT2D eigenvalue weighted by Crippen LogP contribution is -2.17. The van der Waals surface area contributed by atoms with Crippen LogP contribution < -0.4 is 11.1 Å². The number of nitrogens with two attached hydrogens (primary N) is 1. The van der Waals surface area contributed by atoms with Crippen molar-refractivity contribution in [3.05, 3.63) is 29.8 Å². The first-order valence-corrected chi connectivity index (χ1v) is 6.82. The van der Waals surface area contributed by atoms with E-state index in [1.165, 1.54) is 0 Å². The van der Waals surface area contributed by atoms with Crippen molar-refractivity contribution in [3.63, 3.8) is 0 Å². The molecule has 0 heterocycles. The van der Waals surface area contributed by atoms with Crippen LogP contribution in [0, 0.1) is 5.92 Å². The van der Waals surface area contributed by atoms with Crippen LogP contribution in [0.2, 0.25) is 0 Å². The fraction of sp³-hybridized carbons (Fsp3) is 0.467. The number of anilines is 1. The molecule has 0 bridgehead atoms. The first-order valence-electron chi connectivity index (χ1n) is 6.82. The van der Waals surface area contributed by atoms with E-state index in [0.29, 0.717) is 31.0 Å². The van der Waals surface area contributed by atoms with Crippen molar-refractivity contribution < 1.29 is 14.7 Å². The third kappa shape index (κ3) is 5.84. The predicted molar refractivity (Wildman–Crippen MR) is 78.5 cm³/mol. The first-order chi connectivity index (χ1) is 9.52. The zero-order valence-electron chi connectivity index (χ0n) is 11.8. The Labute approximate surface area is 119 Å². The predicted octanol–water partition coefficient (Wildman–Crippen LogP) is 2.02. The van der Waals surface area contributed by atoms with Crippen LogP contribution in [0.15, 0.2) is 24.3 Å². The quantitative estimate of drug-likeness (QED) is 0.678. The monoisotopic (exact) mass is 278 g/mol. The molecule has 1 atom stereocenters. The molecule has 0 spiro atoms. The van der Waals surface area contributed by atoms with E-state index in [4.69, 9.17) is 10.8 Å². The Kier molecular flexibility index (Phi) is 6.73. The van der Waals surface area contributed by atoms with Gasteiger partial charge in [0, 0.05) is 18.5 Å². The van der Waals surface area contributed by atoms with E-state index in [2.05, 4.69) is 5.32 Å². The highest BCUT2D eigenvalue weighted by molar-refractivity contribution is 5.91. The van der Waals surface area contributed by atoms with Crippen LogP contribution in [0.1, 0.15) is 31.7 Å². The lowest BCUT2D eigenvalue weighted by atomic mass is 10.0. The lowest BCUT2D eigenvalue weighted by molar-refractivity contribution is -0.136. The van der Waals surface area contributed by atoms with Crippen molar-refractivity contribution in [2.75, 3.05) is 11.9 Å². The van der Waals surface area contributed by atoms with Crippen molar-refractivity contribution in [2.24, 2.45) is 11.7 Å². The Balaban J connectivity index is 2.57. The number of aryl methyl sites for hydroxylation is 1. The number of aliphatic carboxylic acids is 1. The van der Waals surface area contributed by atoms with Gasteiger partial charge in [-0.15, -0.1) is 0 Å². The second kappa shape index (κ2) is 8.32. The molecule has 0 saturated heterocycles. The molecule has 1 unspecified atom stereocenters. The molecule has 5 nitrogen and oxygen atoms in total. The average Bonchev–Trinajstić information content (AvgIpc) is 2.43. The maximum Gasteiger partial charge on any atom is 0.303 e. The van der Waals surface area contributed by atoms with Gasteiger partial charge in [0.2, 0.25) is 5.91 Å². The van der Waals surface area contributed by atoms with E-state index in [0.717, 1.165) is 12.0 Å². The van der Waals surface area contributed by atoms with Crippen molar-refractivity contribution in [1.82, 2.24) is 0 Å². The molecule has 110 valence electrons. The van der Waals surface area contributed by atoms with Gasteiger partial charge in [-0.05, 0) is 36.9 Å². The van der Waals surface area contributed by atoms with Gasteiger partial charge in [0.05, 0.1) is 0 Å². The fourth-order valence-electron chi connectivity index (χ4n) is 1.81. The van der Waals surface area contributed by atoms with E-state index in [1.54, 1.807) is 6.07 Å². The second-order valence-corrected chi connectivity index (χ2v) is 4.98. The van der Waals surface area contributed by atoms with Gasteiger partial charge < -0.3 is 16.2 Å². The summed E-state index contributed by atoms with van der Waals surface area (Å²) in [5.41, 5.74) is 7.05. The summed E-state index contributed by atoms with van der Waals surface area (Å²) in [4.78, 5) is 22.5. The lowest BCUT2D eigenvalue weighted by Gasteiger charge is -2.12. The normalized spacial score (nSPS) is 11.9. The second-order valence-electron chi connectivity index (χ2n) is 4.98. The van der Waals surface area contributed by atoms with E-state index in [-0.39, 0.29) is 12.3 Å². The zero-order valence-corrected chi connectivity index (χ0v) is 11.8. The summed E-state index contributed by atoms with van der Waals surface area (Å²) in [6, 6.07) is 7.29. The summed E-state index contributed by atoms with van der Waals surface area (Å²) in [6.07, 6.45) is 1.63. The highest BCUT2D eigenvalue weighted by Gasteiger charge is 2.09. The summed E-state index contributed by atoms with van der Waals surface area (Å²) in [7, 11) is 0. The minimum absolute atomic E-state index is 0.0527. The van der Waals surface area contributed by atoms with Gasteiger partial charge in [0.15, 0.2) is 0 Å². The molecule has 4 N–H and O–H groups in total. The fourth-order valence-corrected chi connectivity index (χ4v) is 1.81. The van der Waals surface area contributed by atoms with E-state index < -0.39 is 5.97 Å². The Morgan fingerprint density at radius 3 is 2.65 bits per heavy atom. The minimum Gasteiger partial charge on any atom is -0.481 e. The van der Waals surface area contributed by atoms with Crippen LogP contribution in [0.5, 0.6) is 0 Å². The topological polar surface area (TPSA) is 92.4 Å². The van der Waals surface area contributed by atoms with Crippen molar-refractivity contribution in [3.8, 4) is 0 Å². The van der Waals surface area contributed by atoms with Gasteiger partial charge >= 0.3 is 5.97 Å². The van der Waals surface area contributed by atoms with E-state index >= 15 is 0 Å². The van der Waals surface area contributed by atoms with Crippen molar-refractivity contribution in [2.45, 2.75) is 32.6 Å². The van der Waals surface area contributed by atoms with Gasteiger partial charge in [-0.3, -0.25) is 9.59 Å². The first kappa shape index (κ1) is 16.2. The Hall–Kier alpha value is -1.88. The molecule has 1 aromatic rings. The molecule has 0 aromatic heterocycles. The summed E-state index contributed by atoms with van der Waals surface area (Å²) < 4.78 is 0. The number of carboxylic acids is 1. The van der Waals surface area contributed by atoms with Gasteiger partial charge in [0.25, 0.3) is 0 Å². The number of benzene rings is 1. The number of amides is 1. The number of hydrogen-bond donors (Lipinski definition) is 3. The SMILES string of the molecule is CC(CN)CCC(=O)Nc1ccccc1CCC(=O)O. The molecule has 1 aromatic carbocycles. The number of rotatable bonds is 8. The summed E-state index contributed by atoms with van der Waals surface area (Å²) in [5, 5.41) is 11.6. The van der Waals surface area contributed by atoms with Crippen LogP contribution >= 0.6 is 0 Å². The van der Waals surface area contributed by atoms with Crippen molar-refractivity contribution >= 4 is 17.6 Å². The third-order valence-corrected chi connectivity index (χ3v) is 3.17. The largest absolute Gasteiger partial charge is 0.481 e. The molecule has 0 aliphatic rings. The summed E-state index contributed by atoms with van der Waals surface area (Å²) in [6.45, 7) is 2.58. The Morgan fingerprint density at radius 2 is 2.00 bits per heavy atom. The number of nitrogens with one attached hydrogen (secondary N) is 1. The van der Waals surface area contributed by atoms with Gasteiger partial charge in [-0.2, -0.15) is 0 Å². The molecule has 1 rings (SSSR count). The average molecular weight is 278 g/mol. The smallest absolute Gasteiger partial charge is 0.303 e. The molecule has 0 radical (unpaired) electrons. The summed E-state index contributed by atoms with van der Waals surface area (Å²) in [5.74, 6) is -0.584. The molecule has 0 aliphatic carbocycles. The molecule has 0 saturated carbocycles. The Bertz CT molecular complexity index is 460. The molecule has 20 heavy (non-hydrogen) atoms. The maximum atomic E-state index is 11.9.